The van der Waals surface area contributed by atoms with Crippen molar-refractivity contribution in [3.63, 3.8) is 0 Å². The van der Waals surface area contributed by atoms with Gasteiger partial charge in [0.05, 0.1) is 30.2 Å². The molecule has 0 N–H and O–H groups in total. The van der Waals surface area contributed by atoms with Gasteiger partial charge in [-0.1, -0.05) is 0 Å². The third-order valence-corrected chi connectivity index (χ3v) is 6.48. The maximum atomic E-state index is 10.7. The lowest BCUT2D eigenvalue weighted by Crippen LogP contribution is -2.69. The van der Waals surface area contributed by atoms with Gasteiger partial charge in [0.15, 0.2) is 6.67 Å². The second kappa shape index (κ2) is 7.90. The van der Waals surface area contributed by atoms with Crippen molar-refractivity contribution < 1.29 is 9.41 Å². The monoisotopic (exact) mass is 402 g/mol. The number of aromatic nitrogens is 1. The van der Waals surface area contributed by atoms with Gasteiger partial charge in [-0.2, -0.15) is 0 Å². The summed E-state index contributed by atoms with van der Waals surface area (Å²) < 4.78 is 1.19. The Hall–Kier alpha value is -2.43. The molecule has 148 valence electrons. The van der Waals surface area contributed by atoms with Gasteiger partial charge in [-0.05, 0) is 42.5 Å². The highest BCUT2D eigenvalue weighted by Gasteiger charge is 2.39. The Morgan fingerprint density at radius 2 is 1.89 bits per heavy atom. The Labute approximate surface area is 167 Å². The maximum absolute atomic E-state index is 10.7. The van der Waals surface area contributed by atoms with Crippen LogP contribution in [-0.4, -0.2) is 71.8 Å². The molecule has 3 aliphatic heterocycles. The van der Waals surface area contributed by atoms with Gasteiger partial charge in [0.25, 0.3) is 0 Å². The molecule has 0 unspecified atom stereocenters. The Morgan fingerprint density at radius 1 is 1.21 bits per heavy atom. The molecule has 1 aromatic carbocycles. The quantitative estimate of drug-likeness (QED) is 0.307. The fraction of sp³-hybridized carbons (Fsp3) is 0.500. The molecule has 3 aliphatic rings. The predicted octanol–water partition coefficient (Wildman–Crippen LogP) is 3.40. The number of hydrogen-bond donors (Lipinski definition) is 0. The van der Waals surface area contributed by atoms with E-state index < -0.39 is 4.92 Å². The SMILES string of the molecule is CCN(C[N+]12CCN(CC1)CC2)c1ccc(N=Nc2ncc([N+](=O)[O-])s2)cc1. The van der Waals surface area contributed by atoms with Crippen molar-refractivity contribution in [3.8, 4) is 0 Å². The summed E-state index contributed by atoms with van der Waals surface area (Å²) in [6, 6.07) is 8.00. The highest BCUT2D eigenvalue weighted by atomic mass is 32.1. The van der Waals surface area contributed by atoms with Crippen LogP contribution in [0.4, 0.5) is 21.5 Å². The number of hydrogen-bond acceptors (Lipinski definition) is 8. The van der Waals surface area contributed by atoms with E-state index in [2.05, 4.69) is 44.1 Å². The second-order valence-electron chi connectivity index (χ2n) is 7.31. The zero-order chi connectivity index (χ0) is 19.6. The molecular formula is C18H24N7O2S+. The van der Waals surface area contributed by atoms with Crippen LogP contribution in [0, 0.1) is 10.1 Å². The van der Waals surface area contributed by atoms with Crippen molar-refractivity contribution >= 4 is 32.8 Å². The van der Waals surface area contributed by atoms with Crippen LogP contribution in [0.2, 0.25) is 0 Å². The smallest absolute Gasteiger partial charge is 0.325 e. The van der Waals surface area contributed by atoms with E-state index in [0.29, 0.717) is 5.69 Å². The summed E-state index contributed by atoms with van der Waals surface area (Å²) in [6.07, 6.45) is 1.20. The van der Waals surface area contributed by atoms with Crippen LogP contribution in [0.3, 0.4) is 0 Å². The van der Waals surface area contributed by atoms with E-state index in [1.807, 2.05) is 12.1 Å². The van der Waals surface area contributed by atoms with Gasteiger partial charge in [-0.3, -0.25) is 15.0 Å². The Morgan fingerprint density at radius 3 is 2.46 bits per heavy atom. The highest BCUT2D eigenvalue weighted by molar-refractivity contribution is 7.18. The van der Waals surface area contributed by atoms with E-state index >= 15 is 0 Å². The van der Waals surface area contributed by atoms with Gasteiger partial charge in [0.2, 0.25) is 5.13 Å². The van der Waals surface area contributed by atoms with Crippen molar-refractivity contribution in [2.24, 2.45) is 10.2 Å². The van der Waals surface area contributed by atoms with Crippen LogP contribution < -0.4 is 4.90 Å². The van der Waals surface area contributed by atoms with Crippen LogP contribution >= 0.6 is 11.3 Å². The number of nitrogens with zero attached hydrogens (tertiary/aromatic N) is 7. The molecular weight excluding hydrogens is 378 g/mol. The fourth-order valence-electron chi connectivity index (χ4n) is 3.89. The number of piperazine rings is 3. The van der Waals surface area contributed by atoms with E-state index in [9.17, 15) is 10.1 Å². The summed E-state index contributed by atoms with van der Waals surface area (Å²) >= 11 is 0.913. The van der Waals surface area contributed by atoms with Gasteiger partial charge >= 0.3 is 5.00 Å². The normalized spacial score (nSPS) is 24.0. The first kappa shape index (κ1) is 18.9. The predicted molar refractivity (Wildman–Crippen MR) is 109 cm³/mol. The average molecular weight is 403 g/mol. The fourth-order valence-corrected chi connectivity index (χ4v) is 4.44. The van der Waals surface area contributed by atoms with E-state index in [0.717, 1.165) is 24.6 Å². The van der Waals surface area contributed by atoms with E-state index in [1.165, 1.54) is 55.6 Å². The molecule has 0 spiro atoms. The first-order chi connectivity index (χ1) is 13.6. The van der Waals surface area contributed by atoms with Gasteiger partial charge < -0.3 is 9.38 Å². The summed E-state index contributed by atoms with van der Waals surface area (Å²) in [6.45, 7) is 11.6. The van der Waals surface area contributed by atoms with Crippen LogP contribution in [0.15, 0.2) is 40.7 Å². The number of rotatable bonds is 7. The molecule has 0 aliphatic carbocycles. The van der Waals surface area contributed by atoms with E-state index in [1.54, 1.807) is 0 Å². The van der Waals surface area contributed by atoms with Crippen molar-refractivity contribution in [3.05, 3.63) is 40.6 Å². The molecule has 10 heteroatoms. The lowest BCUT2D eigenvalue weighted by Gasteiger charge is -2.52. The van der Waals surface area contributed by atoms with Crippen molar-refractivity contribution in [1.82, 2.24) is 9.88 Å². The second-order valence-corrected chi connectivity index (χ2v) is 8.29. The molecule has 9 nitrogen and oxygen atoms in total. The molecule has 3 saturated heterocycles. The van der Waals surface area contributed by atoms with Crippen LogP contribution in [0.1, 0.15) is 6.92 Å². The lowest BCUT2D eigenvalue weighted by molar-refractivity contribution is -0.940. The van der Waals surface area contributed by atoms with Gasteiger partial charge in [0, 0.05) is 31.9 Å². The minimum atomic E-state index is -0.473. The topological polar surface area (TPSA) is 87.2 Å². The largest absolute Gasteiger partial charge is 0.345 e. The molecule has 2 aromatic rings. The third kappa shape index (κ3) is 4.03. The maximum Gasteiger partial charge on any atom is 0.345 e. The molecule has 1 aromatic heterocycles. The summed E-state index contributed by atoms with van der Waals surface area (Å²) in [5.41, 5.74) is 1.89. The molecule has 0 radical (unpaired) electrons. The number of quaternary nitrogens is 1. The van der Waals surface area contributed by atoms with Crippen LogP contribution in [-0.2, 0) is 0 Å². The minimum absolute atomic E-state index is 0.0334. The molecule has 5 rings (SSSR count). The third-order valence-electron chi connectivity index (χ3n) is 5.65. The molecule has 0 amide bonds. The number of anilines is 1. The number of nitro groups is 1. The van der Waals surface area contributed by atoms with E-state index in [4.69, 9.17) is 0 Å². The van der Waals surface area contributed by atoms with E-state index in [-0.39, 0.29) is 10.1 Å². The molecule has 28 heavy (non-hydrogen) atoms. The zero-order valence-corrected chi connectivity index (χ0v) is 16.7. The zero-order valence-electron chi connectivity index (χ0n) is 15.9. The highest BCUT2D eigenvalue weighted by Crippen LogP contribution is 2.29. The number of fused-ring (bicyclic) bond motifs is 3. The molecule has 3 fully saturated rings. The number of benzene rings is 1. The van der Waals surface area contributed by atoms with Crippen molar-refractivity contribution in [1.29, 1.82) is 0 Å². The van der Waals surface area contributed by atoms with Crippen molar-refractivity contribution in [2.45, 2.75) is 6.92 Å². The average Bonchev–Trinajstić information content (AvgIpc) is 3.22. The molecule has 0 saturated carbocycles. The van der Waals surface area contributed by atoms with Crippen LogP contribution in [0.5, 0.6) is 0 Å². The van der Waals surface area contributed by atoms with Crippen molar-refractivity contribution in [2.75, 3.05) is 57.4 Å². The standard InChI is InChI=1S/C18H24N7O2S/c1-2-23(14-25-10-7-22(8-11-25)9-12-25)16-5-3-15(4-6-16)20-21-18-19-13-17(28-18)24(26)27/h3-6,13H,2,7-12,14H2,1H3/q+1. The Kier molecular flexibility index (Phi) is 5.33. The van der Waals surface area contributed by atoms with Crippen LogP contribution in [0.25, 0.3) is 0 Å². The van der Waals surface area contributed by atoms with Gasteiger partial charge in [-0.25, -0.2) is 4.98 Å². The Bertz CT molecular complexity index is 845. The Balaban J connectivity index is 1.42. The van der Waals surface area contributed by atoms with Gasteiger partial charge in [0.1, 0.15) is 6.20 Å². The summed E-state index contributed by atoms with van der Waals surface area (Å²) in [7, 11) is 0. The minimum Gasteiger partial charge on any atom is -0.325 e. The number of thiazole rings is 1. The molecule has 4 heterocycles. The first-order valence-corrected chi connectivity index (χ1v) is 10.3. The first-order valence-electron chi connectivity index (χ1n) is 9.51. The molecule has 2 bridgehead atoms. The summed E-state index contributed by atoms with van der Waals surface area (Å²) in [4.78, 5) is 19.1. The number of azo groups is 1. The molecule has 0 atom stereocenters. The summed E-state index contributed by atoms with van der Waals surface area (Å²) in [5.74, 6) is 0. The summed E-state index contributed by atoms with van der Waals surface area (Å²) in [5, 5.41) is 19.1. The van der Waals surface area contributed by atoms with Gasteiger partial charge in [-0.15, -0.1) is 10.2 Å². The lowest BCUT2D eigenvalue weighted by atomic mass is 10.1.